The number of rotatable bonds is 7. The largest absolute Gasteiger partial charge is 0.325 e. The fourth-order valence-electron chi connectivity index (χ4n) is 3.65. The zero-order valence-electron chi connectivity index (χ0n) is 19.9. The second-order valence-electron chi connectivity index (χ2n) is 9.24. The molecule has 0 saturated heterocycles. The highest BCUT2D eigenvalue weighted by Gasteiger charge is 2.18. The second-order valence-corrected chi connectivity index (χ2v) is 11.1. The van der Waals surface area contributed by atoms with Crippen molar-refractivity contribution < 1.29 is 4.79 Å². The Morgan fingerprint density at radius 2 is 1.74 bits per heavy atom. The van der Waals surface area contributed by atoms with Crippen LogP contribution in [0.15, 0.2) is 71.6 Å². The summed E-state index contributed by atoms with van der Waals surface area (Å²) in [5.41, 5.74) is 6.03. The number of tetrazole rings is 1. The number of benzene rings is 3. The minimum Gasteiger partial charge on any atom is -0.325 e. The lowest BCUT2D eigenvalue weighted by atomic mass is 9.99. The second kappa shape index (κ2) is 10.2. The van der Waals surface area contributed by atoms with Gasteiger partial charge >= 0.3 is 0 Å². The lowest BCUT2D eigenvalue weighted by Gasteiger charge is -2.21. The lowest BCUT2D eigenvalue weighted by molar-refractivity contribution is -0.116. The van der Waals surface area contributed by atoms with Gasteiger partial charge in [0, 0.05) is 21.6 Å². The highest BCUT2D eigenvalue weighted by atomic mass is 32.2. The van der Waals surface area contributed by atoms with Gasteiger partial charge in [0.15, 0.2) is 0 Å². The zero-order valence-corrected chi connectivity index (χ0v) is 20.7. The fraction of sp³-hybridized carbons (Fsp3) is 0.259. The molecule has 3 aromatic carbocycles. The van der Waals surface area contributed by atoms with E-state index in [1.807, 2.05) is 30.3 Å². The van der Waals surface area contributed by atoms with Crippen LogP contribution in [-0.2, 0) is 11.2 Å². The number of nitrogens with zero attached hydrogens (tertiary/aromatic N) is 3. The van der Waals surface area contributed by atoms with E-state index in [0.29, 0.717) is 18.7 Å². The van der Waals surface area contributed by atoms with Crippen LogP contribution in [0.3, 0.4) is 0 Å². The average Bonchev–Trinajstić information content (AvgIpc) is 3.34. The number of nitrogens with one attached hydrogen (secondary N) is 2. The van der Waals surface area contributed by atoms with E-state index in [0.717, 1.165) is 32.8 Å². The van der Waals surface area contributed by atoms with E-state index in [1.165, 1.54) is 5.56 Å². The van der Waals surface area contributed by atoms with Gasteiger partial charge in [-0.25, -0.2) is 0 Å². The van der Waals surface area contributed by atoms with Crippen LogP contribution in [0.1, 0.15) is 38.3 Å². The maximum atomic E-state index is 12.9. The molecule has 0 aliphatic heterocycles. The molecule has 1 heterocycles. The van der Waals surface area contributed by atoms with Gasteiger partial charge in [0.25, 0.3) is 0 Å². The smallest absolute Gasteiger partial charge is 0.224 e. The predicted molar refractivity (Wildman–Crippen MR) is 139 cm³/mol. The third-order valence-electron chi connectivity index (χ3n) is 5.26. The van der Waals surface area contributed by atoms with E-state index in [4.69, 9.17) is 0 Å². The summed E-state index contributed by atoms with van der Waals surface area (Å²) in [6.45, 7) is 8.56. The van der Waals surface area contributed by atoms with Crippen molar-refractivity contribution >= 4 is 23.4 Å². The Morgan fingerprint density at radius 3 is 2.41 bits per heavy atom. The normalized spacial score (nSPS) is 11.4. The van der Waals surface area contributed by atoms with Crippen molar-refractivity contribution in [2.75, 3.05) is 5.32 Å². The Balaban J connectivity index is 1.62. The molecule has 0 aliphatic rings. The minimum atomic E-state index is -0.0000581. The minimum absolute atomic E-state index is 0.0000581. The van der Waals surface area contributed by atoms with Gasteiger partial charge in [0.2, 0.25) is 11.7 Å². The van der Waals surface area contributed by atoms with Crippen LogP contribution in [0.5, 0.6) is 0 Å². The Labute approximate surface area is 204 Å². The highest BCUT2D eigenvalue weighted by molar-refractivity contribution is 8.00. The number of hydrogen-bond acceptors (Lipinski definition) is 5. The van der Waals surface area contributed by atoms with Gasteiger partial charge in [-0.3, -0.25) is 4.79 Å². The van der Waals surface area contributed by atoms with Gasteiger partial charge in [-0.05, 0) is 47.4 Å². The molecule has 0 bridgehead atoms. The summed E-state index contributed by atoms with van der Waals surface area (Å²) in [6, 6.07) is 22.4. The van der Waals surface area contributed by atoms with Gasteiger partial charge in [-0.2, -0.15) is 5.21 Å². The molecule has 2 N–H and O–H groups in total. The molecule has 1 amide bonds. The van der Waals surface area contributed by atoms with Crippen LogP contribution in [-0.4, -0.2) is 31.3 Å². The van der Waals surface area contributed by atoms with Crippen molar-refractivity contribution in [3.05, 3.63) is 77.9 Å². The van der Waals surface area contributed by atoms with Crippen LogP contribution in [0, 0.1) is 6.92 Å². The predicted octanol–water partition coefficient (Wildman–Crippen LogP) is 6.30. The fourth-order valence-corrected chi connectivity index (χ4v) is 4.66. The summed E-state index contributed by atoms with van der Waals surface area (Å²) in [4.78, 5) is 14.0. The number of carbonyl (C=O) groups excluding carboxylic acids is 1. The van der Waals surface area contributed by atoms with Crippen LogP contribution in [0.25, 0.3) is 22.5 Å². The number of aromatic amines is 1. The molecule has 0 saturated carbocycles. The number of H-pyrrole nitrogens is 1. The first-order valence-corrected chi connectivity index (χ1v) is 12.1. The molecule has 34 heavy (non-hydrogen) atoms. The first kappa shape index (κ1) is 23.7. The van der Waals surface area contributed by atoms with Gasteiger partial charge < -0.3 is 5.32 Å². The van der Waals surface area contributed by atoms with Crippen molar-refractivity contribution in [2.24, 2.45) is 0 Å². The van der Waals surface area contributed by atoms with Crippen molar-refractivity contribution in [1.29, 1.82) is 0 Å². The summed E-state index contributed by atoms with van der Waals surface area (Å²) >= 11 is 1.74. The molecule has 4 aromatic rings. The van der Waals surface area contributed by atoms with Crippen LogP contribution < -0.4 is 5.32 Å². The lowest BCUT2D eigenvalue weighted by Crippen LogP contribution is -2.14. The zero-order chi connectivity index (χ0) is 24.1. The quantitative estimate of drug-likeness (QED) is 0.309. The molecular formula is C27H29N5OS. The number of aryl methyl sites for hydroxylation is 2. The molecule has 174 valence electrons. The number of aromatic nitrogens is 4. The standard InChI is InChI=1S/C27H29N5OS/c1-18-9-11-19(12-10-18)13-16-25(33)28-23-17-20(14-15-24(23)34-27(2,3)4)21-7-5-6-8-22(21)26-29-31-32-30-26/h5-12,14-15,17H,13,16H2,1-4H3,(H,28,33)(H,29,30,31,32). The van der Waals surface area contributed by atoms with Gasteiger partial charge in [0.05, 0.1) is 5.69 Å². The topological polar surface area (TPSA) is 83.6 Å². The van der Waals surface area contributed by atoms with Crippen molar-refractivity contribution in [2.45, 2.75) is 50.2 Å². The Bertz CT molecular complexity index is 1260. The van der Waals surface area contributed by atoms with Gasteiger partial charge in [-0.15, -0.1) is 22.0 Å². The highest BCUT2D eigenvalue weighted by Crippen LogP contribution is 2.40. The summed E-state index contributed by atoms with van der Waals surface area (Å²) in [5.74, 6) is 0.535. The number of anilines is 1. The molecule has 4 rings (SSSR count). The van der Waals surface area contributed by atoms with Crippen LogP contribution in [0.2, 0.25) is 0 Å². The molecule has 0 unspecified atom stereocenters. The molecule has 6 nitrogen and oxygen atoms in total. The van der Waals surface area contributed by atoms with Crippen molar-refractivity contribution in [3.63, 3.8) is 0 Å². The van der Waals surface area contributed by atoms with E-state index < -0.39 is 0 Å². The molecule has 0 aliphatic carbocycles. The molecule has 0 fully saturated rings. The van der Waals surface area contributed by atoms with Crippen molar-refractivity contribution in [1.82, 2.24) is 20.6 Å². The maximum absolute atomic E-state index is 12.9. The van der Waals surface area contributed by atoms with E-state index in [-0.39, 0.29) is 10.7 Å². The van der Waals surface area contributed by atoms with E-state index in [9.17, 15) is 4.79 Å². The number of hydrogen-bond donors (Lipinski definition) is 2. The summed E-state index contributed by atoms with van der Waals surface area (Å²) in [7, 11) is 0. The Kier molecular flexibility index (Phi) is 7.12. The number of thioether (sulfide) groups is 1. The van der Waals surface area contributed by atoms with Crippen LogP contribution in [0.4, 0.5) is 5.69 Å². The van der Waals surface area contributed by atoms with Crippen LogP contribution >= 0.6 is 11.8 Å². The monoisotopic (exact) mass is 471 g/mol. The molecule has 0 atom stereocenters. The first-order valence-electron chi connectivity index (χ1n) is 11.3. The van der Waals surface area contributed by atoms with Gasteiger partial charge in [0.1, 0.15) is 0 Å². The summed E-state index contributed by atoms with van der Waals surface area (Å²) in [6.07, 6.45) is 1.13. The third-order valence-corrected chi connectivity index (χ3v) is 6.44. The molecule has 1 aromatic heterocycles. The summed E-state index contributed by atoms with van der Waals surface area (Å²) in [5, 5.41) is 17.7. The van der Waals surface area contributed by atoms with E-state index in [1.54, 1.807) is 11.8 Å². The third kappa shape index (κ3) is 6.11. The van der Waals surface area contributed by atoms with E-state index >= 15 is 0 Å². The molecule has 7 heteroatoms. The summed E-state index contributed by atoms with van der Waals surface area (Å²) < 4.78 is 0.00539. The average molecular weight is 472 g/mol. The Hall–Kier alpha value is -3.45. The van der Waals surface area contributed by atoms with E-state index in [2.05, 4.69) is 90.0 Å². The maximum Gasteiger partial charge on any atom is 0.224 e. The molecular weight excluding hydrogens is 442 g/mol. The molecule has 0 radical (unpaired) electrons. The first-order chi connectivity index (χ1) is 16.3. The number of carbonyl (C=O) groups is 1. The van der Waals surface area contributed by atoms with Crippen molar-refractivity contribution in [3.8, 4) is 22.5 Å². The number of amides is 1. The molecule has 0 spiro atoms. The van der Waals surface area contributed by atoms with Gasteiger partial charge in [-0.1, -0.05) is 80.9 Å². The Morgan fingerprint density at radius 1 is 1.00 bits per heavy atom. The SMILES string of the molecule is Cc1ccc(CCC(=O)Nc2cc(-c3ccccc3-c3nn[nH]n3)ccc2SC(C)(C)C)cc1.